The fraction of sp³-hybridized carbons (Fsp3) is 0.389. The van der Waals surface area contributed by atoms with E-state index in [1.807, 2.05) is 11.0 Å². The summed E-state index contributed by atoms with van der Waals surface area (Å²) in [4.78, 5) is 14.3. The Morgan fingerprint density at radius 3 is 2.68 bits per heavy atom. The molecule has 0 spiro atoms. The van der Waals surface area contributed by atoms with Gasteiger partial charge >= 0.3 is 0 Å². The highest BCUT2D eigenvalue weighted by atomic mass is 16.4. The molecule has 1 aromatic heterocycles. The first-order chi connectivity index (χ1) is 10.8. The second-order valence-electron chi connectivity index (χ2n) is 5.75. The molecule has 116 valence electrons. The minimum absolute atomic E-state index is 0.0755. The molecule has 3 rings (SSSR count). The van der Waals surface area contributed by atoms with Crippen molar-refractivity contribution >= 4 is 5.91 Å². The van der Waals surface area contributed by atoms with Gasteiger partial charge in [0.05, 0.1) is 0 Å². The average Bonchev–Trinajstić information content (AvgIpc) is 2.92. The van der Waals surface area contributed by atoms with E-state index in [9.17, 15) is 4.79 Å². The molecule has 1 saturated heterocycles. The van der Waals surface area contributed by atoms with Gasteiger partial charge in [0.1, 0.15) is 12.4 Å². The Kier molecular flexibility index (Phi) is 4.59. The Morgan fingerprint density at radius 1 is 1.14 bits per heavy atom. The maximum Gasteiger partial charge on any atom is 0.289 e. The molecule has 1 N–H and O–H groups in total. The normalized spacial score (nSPS) is 19.0. The Labute approximate surface area is 130 Å². The number of carbonyl (C=O) groups excluding carboxylic acids is 1. The van der Waals surface area contributed by atoms with Crippen molar-refractivity contribution in [1.29, 1.82) is 0 Å². The molecule has 22 heavy (non-hydrogen) atoms. The van der Waals surface area contributed by atoms with Crippen molar-refractivity contribution in [2.45, 2.75) is 31.8 Å². The van der Waals surface area contributed by atoms with Gasteiger partial charge in [0, 0.05) is 13.1 Å². The van der Waals surface area contributed by atoms with Gasteiger partial charge in [-0.3, -0.25) is 4.79 Å². The standard InChI is InChI=1S/C18H21NO3/c20-13-16-8-9-17(22-16)18(21)19-11-4-7-15(10-12-19)14-5-2-1-3-6-14/h1-3,5-6,8-9,15,20H,4,7,10-13H2/t15-/m0/s1. The number of benzene rings is 1. The summed E-state index contributed by atoms with van der Waals surface area (Å²) in [6, 6.07) is 13.8. The van der Waals surface area contributed by atoms with Gasteiger partial charge in [-0.25, -0.2) is 0 Å². The maximum atomic E-state index is 12.5. The van der Waals surface area contributed by atoms with E-state index in [2.05, 4.69) is 24.3 Å². The molecule has 0 unspecified atom stereocenters. The number of amides is 1. The smallest absolute Gasteiger partial charge is 0.289 e. The van der Waals surface area contributed by atoms with E-state index in [0.717, 1.165) is 32.4 Å². The molecule has 1 aliphatic heterocycles. The van der Waals surface area contributed by atoms with Crippen LogP contribution < -0.4 is 0 Å². The van der Waals surface area contributed by atoms with E-state index >= 15 is 0 Å². The van der Waals surface area contributed by atoms with Crippen LogP contribution in [0.25, 0.3) is 0 Å². The van der Waals surface area contributed by atoms with E-state index in [1.54, 1.807) is 12.1 Å². The zero-order valence-corrected chi connectivity index (χ0v) is 12.6. The molecule has 0 saturated carbocycles. The number of carbonyl (C=O) groups is 1. The fourth-order valence-electron chi connectivity index (χ4n) is 3.09. The molecule has 1 atom stereocenters. The Bertz CT molecular complexity index is 620. The van der Waals surface area contributed by atoms with Gasteiger partial charge in [0.25, 0.3) is 5.91 Å². The van der Waals surface area contributed by atoms with E-state index in [4.69, 9.17) is 9.52 Å². The molecular formula is C18H21NO3. The van der Waals surface area contributed by atoms with Crippen LogP contribution in [0.4, 0.5) is 0 Å². The molecule has 0 aliphatic carbocycles. The van der Waals surface area contributed by atoms with Crippen molar-refractivity contribution in [3.8, 4) is 0 Å². The summed E-state index contributed by atoms with van der Waals surface area (Å²) >= 11 is 0. The third kappa shape index (κ3) is 3.22. The third-order valence-corrected chi connectivity index (χ3v) is 4.31. The first-order valence-electron chi connectivity index (χ1n) is 7.81. The quantitative estimate of drug-likeness (QED) is 0.947. The van der Waals surface area contributed by atoms with Crippen LogP contribution in [-0.2, 0) is 6.61 Å². The second-order valence-corrected chi connectivity index (χ2v) is 5.75. The summed E-state index contributed by atoms with van der Waals surface area (Å²) in [5, 5.41) is 9.03. The van der Waals surface area contributed by atoms with Crippen LogP contribution in [0.15, 0.2) is 46.9 Å². The Hall–Kier alpha value is -2.07. The van der Waals surface area contributed by atoms with Gasteiger partial charge in [-0.2, -0.15) is 0 Å². The van der Waals surface area contributed by atoms with Crippen LogP contribution in [0.3, 0.4) is 0 Å². The lowest BCUT2D eigenvalue weighted by molar-refractivity contribution is 0.0724. The molecule has 1 aromatic carbocycles. The lowest BCUT2D eigenvalue weighted by Crippen LogP contribution is -2.31. The van der Waals surface area contributed by atoms with Gasteiger partial charge in [0.15, 0.2) is 5.76 Å². The number of rotatable bonds is 3. The van der Waals surface area contributed by atoms with Gasteiger partial charge in [-0.1, -0.05) is 30.3 Å². The Morgan fingerprint density at radius 2 is 1.95 bits per heavy atom. The highest BCUT2D eigenvalue weighted by molar-refractivity contribution is 5.91. The third-order valence-electron chi connectivity index (χ3n) is 4.31. The zero-order chi connectivity index (χ0) is 15.4. The summed E-state index contributed by atoms with van der Waals surface area (Å²) in [6.45, 7) is 1.33. The number of aliphatic hydroxyl groups excluding tert-OH is 1. The summed E-state index contributed by atoms with van der Waals surface area (Å²) in [5.74, 6) is 1.19. The minimum atomic E-state index is -0.177. The second kappa shape index (κ2) is 6.79. The summed E-state index contributed by atoms with van der Waals surface area (Å²) < 4.78 is 5.36. The summed E-state index contributed by atoms with van der Waals surface area (Å²) in [6.07, 6.45) is 3.08. The number of hydrogen-bond acceptors (Lipinski definition) is 3. The molecule has 2 aromatic rings. The summed E-state index contributed by atoms with van der Waals surface area (Å²) in [5.41, 5.74) is 1.36. The molecular weight excluding hydrogens is 278 g/mol. The average molecular weight is 299 g/mol. The molecule has 0 bridgehead atoms. The molecule has 4 nitrogen and oxygen atoms in total. The summed E-state index contributed by atoms with van der Waals surface area (Å²) in [7, 11) is 0. The van der Waals surface area contributed by atoms with Crippen LogP contribution in [0.5, 0.6) is 0 Å². The number of aliphatic hydroxyl groups is 1. The monoisotopic (exact) mass is 299 g/mol. The van der Waals surface area contributed by atoms with Gasteiger partial charge < -0.3 is 14.4 Å². The highest BCUT2D eigenvalue weighted by Crippen LogP contribution is 2.28. The topological polar surface area (TPSA) is 53.7 Å². The van der Waals surface area contributed by atoms with Crippen LogP contribution >= 0.6 is 0 Å². The molecule has 1 fully saturated rings. The van der Waals surface area contributed by atoms with Gasteiger partial charge in [-0.05, 0) is 42.9 Å². The highest BCUT2D eigenvalue weighted by Gasteiger charge is 2.24. The SMILES string of the molecule is O=C(c1ccc(CO)o1)N1CCC[C@H](c2ccccc2)CC1. The van der Waals surface area contributed by atoms with E-state index < -0.39 is 0 Å². The predicted octanol–water partition coefficient (Wildman–Crippen LogP) is 3.18. The zero-order valence-electron chi connectivity index (χ0n) is 12.6. The lowest BCUT2D eigenvalue weighted by atomic mass is 9.92. The number of likely N-dealkylation sites (tertiary alicyclic amines) is 1. The van der Waals surface area contributed by atoms with Crippen LogP contribution in [-0.4, -0.2) is 29.0 Å². The van der Waals surface area contributed by atoms with Crippen molar-refractivity contribution < 1.29 is 14.3 Å². The van der Waals surface area contributed by atoms with Crippen LogP contribution in [0, 0.1) is 0 Å². The maximum absolute atomic E-state index is 12.5. The number of furan rings is 1. The van der Waals surface area contributed by atoms with Crippen LogP contribution in [0.2, 0.25) is 0 Å². The lowest BCUT2D eigenvalue weighted by Gasteiger charge is -2.19. The predicted molar refractivity (Wildman–Crippen MR) is 83.6 cm³/mol. The molecule has 1 aliphatic rings. The van der Waals surface area contributed by atoms with Crippen molar-refractivity contribution in [3.05, 3.63) is 59.5 Å². The van der Waals surface area contributed by atoms with E-state index in [-0.39, 0.29) is 12.5 Å². The minimum Gasteiger partial charge on any atom is -0.453 e. The van der Waals surface area contributed by atoms with Gasteiger partial charge in [0.2, 0.25) is 0 Å². The van der Waals surface area contributed by atoms with E-state index in [1.165, 1.54) is 5.56 Å². The molecule has 4 heteroatoms. The molecule has 1 amide bonds. The number of nitrogens with zero attached hydrogens (tertiary/aromatic N) is 1. The van der Waals surface area contributed by atoms with Crippen molar-refractivity contribution in [1.82, 2.24) is 4.90 Å². The van der Waals surface area contributed by atoms with Crippen molar-refractivity contribution in [2.24, 2.45) is 0 Å². The van der Waals surface area contributed by atoms with Crippen molar-refractivity contribution in [3.63, 3.8) is 0 Å². The Balaban J connectivity index is 1.66. The van der Waals surface area contributed by atoms with Crippen molar-refractivity contribution in [2.75, 3.05) is 13.1 Å². The molecule has 0 radical (unpaired) electrons. The first kappa shape index (κ1) is 14.9. The largest absolute Gasteiger partial charge is 0.453 e. The van der Waals surface area contributed by atoms with E-state index in [0.29, 0.717) is 17.4 Å². The van der Waals surface area contributed by atoms with Crippen LogP contribution in [0.1, 0.15) is 47.1 Å². The van der Waals surface area contributed by atoms with Gasteiger partial charge in [-0.15, -0.1) is 0 Å². The molecule has 2 heterocycles. The number of hydrogen-bond donors (Lipinski definition) is 1. The fourth-order valence-corrected chi connectivity index (χ4v) is 3.09. The first-order valence-corrected chi connectivity index (χ1v) is 7.81.